The van der Waals surface area contributed by atoms with Crippen LogP contribution in [0.3, 0.4) is 0 Å². The van der Waals surface area contributed by atoms with Gasteiger partial charge in [-0.15, -0.1) is 0 Å². The molecule has 0 bridgehead atoms. The van der Waals surface area contributed by atoms with E-state index in [9.17, 15) is 10.1 Å². The molecule has 0 amide bonds. The number of rotatable bonds is 4. The predicted molar refractivity (Wildman–Crippen MR) is 57.0 cm³/mol. The van der Waals surface area contributed by atoms with E-state index in [2.05, 4.69) is 10.1 Å². The van der Waals surface area contributed by atoms with Crippen LogP contribution in [0.2, 0.25) is 0 Å². The molecular formula is C8H9N5O3. The number of nitrogens with one attached hydrogen (secondary N) is 1. The third kappa shape index (κ3) is 2.11. The van der Waals surface area contributed by atoms with E-state index >= 15 is 0 Å². The zero-order chi connectivity index (χ0) is 12.1. The predicted octanol–water partition coefficient (Wildman–Crippen LogP) is 0.311. The number of nitrogens with zero attached hydrogens (tertiary/aromatic N) is 3. The Balaban J connectivity index is 3.29. The van der Waals surface area contributed by atoms with E-state index in [1.165, 1.54) is 19.2 Å². The Kier molecular flexibility index (Phi) is 3.49. The van der Waals surface area contributed by atoms with Gasteiger partial charge in [-0.25, -0.2) is 4.98 Å². The van der Waals surface area contributed by atoms with Crippen molar-refractivity contribution in [3.63, 3.8) is 0 Å². The highest BCUT2D eigenvalue weighted by atomic mass is 16.6. The molecular weight excluding hydrogens is 214 g/mol. The van der Waals surface area contributed by atoms with Gasteiger partial charge >= 0.3 is 5.69 Å². The summed E-state index contributed by atoms with van der Waals surface area (Å²) in [5.41, 5.74) is 0.0840. The van der Waals surface area contributed by atoms with Crippen LogP contribution in [-0.2, 0) is 0 Å². The van der Waals surface area contributed by atoms with Crippen molar-refractivity contribution in [2.75, 3.05) is 7.11 Å². The lowest BCUT2D eigenvalue weighted by Gasteiger charge is -2.03. The summed E-state index contributed by atoms with van der Waals surface area (Å²) in [6.07, 6.45) is 0.896. The van der Waals surface area contributed by atoms with Gasteiger partial charge in [-0.05, 0) is 6.07 Å². The maximum absolute atomic E-state index is 10.6. The minimum atomic E-state index is -0.612. The van der Waals surface area contributed by atoms with Crippen molar-refractivity contribution in [3.05, 3.63) is 27.9 Å². The smallest absolute Gasteiger partial charge is 0.330 e. The number of hydrogen-bond donors (Lipinski definition) is 2. The van der Waals surface area contributed by atoms with Crippen molar-refractivity contribution in [1.82, 2.24) is 4.98 Å². The topological polar surface area (TPSA) is 127 Å². The highest BCUT2D eigenvalue weighted by Gasteiger charge is 2.17. The van der Waals surface area contributed by atoms with Crippen molar-refractivity contribution in [2.24, 2.45) is 10.9 Å². The summed E-state index contributed by atoms with van der Waals surface area (Å²) in [7, 11) is 1.27. The van der Waals surface area contributed by atoms with Crippen LogP contribution in [0.5, 0.6) is 5.88 Å². The lowest BCUT2D eigenvalue weighted by molar-refractivity contribution is -0.386. The number of aromatic nitrogens is 1. The van der Waals surface area contributed by atoms with Gasteiger partial charge in [0.15, 0.2) is 0 Å². The molecule has 0 saturated heterocycles. The summed E-state index contributed by atoms with van der Waals surface area (Å²) in [6, 6.07) is 2.56. The van der Waals surface area contributed by atoms with Crippen LogP contribution in [0.1, 0.15) is 5.69 Å². The summed E-state index contributed by atoms with van der Waals surface area (Å²) < 4.78 is 4.76. The number of ether oxygens (including phenoxy) is 1. The van der Waals surface area contributed by atoms with Gasteiger partial charge in [0.2, 0.25) is 0 Å². The quantitative estimate of drug-likeness (QED) is 0.328. The highest BCUT2D eigenvalue weighted by molar-refractivity contribution is 6.36. The zero-order valence-electron chi connectivity index (χ0n) is 8.38. The average Bonchev–Trinajstić information content (AvgIpc) is 2.30. The molecule has 84 valence electrons. The minimum absolute atomic E-state index is 0.105. The van der Waals surface area contributed by atoms with Crippen LogP contribution in [0.4, 0.5) is 5.69 Å². The first kappa shape index (κ1) is 11.6. The summed E-state index contributed by atoms with van der Waals surface area (Å²) in [4.78, 5) is 13.8. The standard InChI is InChI=1S/C8H9N5O3/c1-16-8-7(13(14)15)3-2-5(11-8)6(4-9)12-10/h2-4,9H,10H2,1H3/b9-4?,12-6+. The third-order valence-electron chi connectivity index (χ3n) is 1.77. The van der Waals surface area contributed by atoms with Crippen LogP contribution in [-0.4, -0.2) is 28.9 Å². The van der Waals surface area contributed by atoms with Gasteiger partial charge in [0.05, 0.1) is 17.7 Å². The molecule has 8 nitrogen and oxygen atoms in total. The Bertz CT molecular complexity index is 457. The van der Waals surface area contributed by atoms with Crippen LogP contribution < -0.4 is 10.6 Å². The minimum Gasteiger partial charge on any atom is -0.476 e. The van der Waals surface area contributed by atoms with Crippen molar-refractivity contribution < 1.29 is 9.66 Å². The second-order valence-corrected chi connectivity index (χ2v) is 2.64. The number of nitro groups is 1. The molecule has 0 atom stereocenters. The first-order chi connectivity index (χ1) is 7.63. The van der Waals surface area contributed by atoms with Gasteiger partial charge in [0.25, 0.3) is 5.88 Å². The van der Waals surface area contributed by atoms with E-state index in [1.54, 1.807) is 0 Å². The van der Waals surface area contributed by atoms with Gasteiger partial charge < -0.3 is 16.0 Å². The Morgan fingerprint density at radius 1 is 1.75 bits per heavy atom. The van der Waals surface area contributed by atoms with Crippen LogP contribution in [0.25, 0.3) is 0 Å². The zero-order valence-corrected chi connectivity index (χ0v) is 8.38. The Morgan fingerprint density at radius 3 is 2.88 bits per heavy atom. The molecule has 0 spiro atoms. The number of pyridine rings is 1. The molecule has 0 aliphatic heterocycles. The molecule has 0 aromatic carbocycles. The molecule has 0 fully saturated rings. The molecule has 0 aliphatic rings. The number of nitrogens with two attached hydrogens (primary N) is 1. The fraction of sp³-hybridized carbons (Fsp3) is 0.125. The number of hydrazone groups is 1. The van der Waals surface area contributed by atoms with Gasteiger partial charge in [0.1, 0.15) is 5.71 Å². The van der Waals surface area contributed by atoms with Crippen molar-refractivity contribution in [2.45, 2.75) is 0 Å². The largest absolute Gasteiger partial charge is 0.476 e. The molecule has 0 unspecified atom stereocenters. The van der Waals surface area contributed by atoms with E-state index in [1.807, 2.05) is 0 Å². The van der Waals surface area contributed by atoms with E-state index in [-0.39, 0.29) is 23.0 Å². The Hall–Kier alpha value is -2.51. The molecule has 1 aromatic rings. The molecule has 0 radical (unpaired) electrons. The average molecular weight is 223 g/mol. The first-order valence-corrected chi connectivity index (χ1v) is 4.12. The fourth-order valence-corrected chi connectivity index (χ4v) is 1.04. The SMILES string of the molecule is COc1nc(/C(C=N)=N/N)ccc1[N+](=O)[O-]. The van der Waals surface area contributed by atoms with Crippen molar-refractivity contribution in [3.8, 4) is 5.88 Å². The van der Waals surface area contributed by atoms with Gasteiger partial charge in [-0.3, -0.25) is 10.1 Å². The maximum atomic E-state index is 10.6. The molecule has 1 rings (SSSR count). The third-order valence-corrected chi connectivity index (χ3v) is 1.77. The second kappa shape index (κ2) is 4.82. The van der Waals surface area contributed by atoms with E-state index in [0.29, 0.717) is 0 Å². The summed E-state index contributed by atoms with van der Waals surface area (Å²) >= 11 is 0. The van der Waals surface area contributed by atoms with Gasteiger partial charge in [0, 0.05) is 12.3 Å². The fourth-order valence-electron chi connectivity index (χ4n) is 1.04. The lowest BCUT2D eigenvalue weighted by atomic mass is 10.2. The highest BCUT2D eigenvalue weighted by Crippen LogP contribution is 2.23. The first-order valence-electron chi connectivity index (χ1n) is 4.12. The Labute approximate surface area is 90.4 Å². The van der Waals surface area contributed by atoms with Crippen LogP contribution in [0.15, 0.2) is 17.2 Å². The lowest BCUT2D eigenvalue weighted by Crippen LogP contribution is -2.09. The Morgan fingerprint density at radius 2 is 2.44 bits per heavy atom. The molecule has 0 saturated carbocycles. The molecule has 1 heterocycles. The molecule has 1 aromatic heterocycles. The normalized spacial score (nSPS) is 10.9. The monoisotopic (exact) mass is 223 g/mol. The summed E-state index contributed by atoms with van der Waals surface area (Å²) in [6.45, 7) is 0. The number of methoxy groups -OCH3 is 1. The van der Waals surface area contributed by atoms with E-state index in [0.717, 1.165) is 6.21 Å². The summed E-state index contributed by atoms with van der Waals surface area (Å²) in [5, 5.41) is 20.9. The van der Waals surface area contributed by atoms with Gasteiger partial charge in [-0.1, -0.05) is 0 Å². The van der Waals surface area contributed by atoms with E-state index < -0.39 is 4.92 Å². The van der Waals surface area contributed by atoms with Crippen molar-refractivity contribution >= 4 is 17.6 Å². The molecule has 0 aliphatic carbocycles. The second-order valence-electron chi connectivity index (χ2n) is 2.64. The molecule has 3 N–H and O–H groups in total. The van der Waals surface area contributed by atoms with E-state index in [4.69, 9.17) is 16.0 Å². The van der Waals surface area contributed by atoms with Crippen LogP contribution >= 0.6 is 0 Å². The van der Waals surface area contributed by atoms with Crippen LogP contribution in [0, 0.1) is 15.5 Å². The van der Waals surface area contributed by atoms with Gasteiger partial charge in [-0.2, -0.15) is 5.10 Å². The molecule has 16 heavy (non-hydrogen) atoms. The maximum Gasteiger partial charge on any atom is 0.330 e. The number of hydrogen-bond acceptors (Lipinski definition) is 7. The summed E-state index contributed by atoms with van der Waals surface area (Å²) in [5.74, 6) is 4.88. The molecule has 8 heteroatoms. The van der Waals surface area contributed by atoms with Crippen molar-refractivity contribution in [1.29, 1.82) is 5.41 Å².